The summed E-state index contributed by atoms with van der Waals surface area (Å²) in [5, 5.41) is 11.3. The molecule has 0 aromatic carbocycles. The van der Waals surface area contributed by atoms with Crippen LogP contribution in [0.3, 0.4) is 0 Å². The lowest BCUT2D eigenvalue weighted by Gasteiger charge is -2.18. The lowest BCUT2D eigenvalue weighted by Crippen LogP contribution is -2.47. The Bertz CT molecular complexity index is 268. The molecule has 0 saturated carbocycles. The van der Waals surface area contributed by atoms with E-state index < -0.39 is 12.0 Å². The van der Waals surface area contributed by atoms with Crippen molar-refractivity contribution in [3.05, 3.63) is 0 Å². The van der Waals surface area contributed by atoms with Crippen molar-refractivity contribution in [2.75, 3.05) is 20.3 Å². The first kappa shape index (κ1) is 12.9. The van der Waals surface area contributed by atoms with Gasteiger partial charge in [-0.15, -0.1) is 0 Å². The first-order valence-corrected chi connectivity index (χ1v) is 5.20. The number of ether oxygens (including phenoxy) is 2. The van der Waals surface area contributed by atoms with Gasteiger partial charge in [-0.1, -0.05) is 0 Å². The van der Waals surface area contributed by atoms with Gasteiger partial charge in [0.2, 0.25) is 5.91 Å². The lowest BCUT2D eigenvalue weighted by atomic mass is 10.0. The molecule has 6 heteroatoms. The van der Waals surface area contributed by atoms with Crippen LogP contribution in [-0.4, -0.2) is 49.5 Å². The number of carbonyl (C=O) groups excluding carboxylic acids is 1. The molecule has 1 aliphatic rings. The number of methoxy groups -OCH3 is 1. The Hall–Kier alpha value is -1.14. The maximum atomic E-state index is 11.7. The van der Waals surface area contributed by atoms with Gasteiger partial charge in [0.1, 0.15) is 0 Å². The summed E-state index contributed by atoms with van der Waals surface area (Å²) in [6.07, 6.45) is 0.476. The fraction of sp³-hybridized carbons (Fsp3) is 0.800. The molecule has 0 bridgehead atoms. The summed E-state index contributed by atoms with van der Waals surface area (Å²) >= 11 is 0. The highest BCUT2D eigenvalue weighted by molar-refractivity contribution is 5.85. The first-order valence-electron chi connectivity index (χ1n) is 5.20. The van der Waals surface area contributed by atoms with Crippen molar-refractivity contribution >= 4 is 11.9 Å². The summed E-state index contributed by atoms with van der Waals surface area (Å²) in [7, 11) is 1.39. The highest BCUT2D eigenvalue weighted by Crippen LogP contribution is 2.20. The summed E-state index contributed by atoms with van der Waals surface area (Å²) in [4.78, 5) is 22.5. The molecule has 3 atom stereocenters. The van der Waals surface area contributed by atoms with Gasteiger partial charge in [0.15, 0.2) is 6.04 Å². The molecule has 2 N–H and O–H groups in total. The van der Waals surface area contributed by atoms with Gasteiger partial charge in [0.25, 0.3) is 0 Å². The van der Waals surface area contributed by atoms with Gasteiger partial charge >= 0.3 is 5.97 Å². The molecule has 1 rings (SSSR count). The Morgan fingerprint density at radius 3 is 2.75 bits per heavy atom. The van der Waals surface area contributed by atoms with E-state index in [0.29, 0.717) is 13.0 Å². The zero-order valence-electron chi connectivity index (χ0n) is 9.43. The van der Waals surface area contributed by atoms with Crippen LogP contribution < -0.4 is 5.32 Å². The Labute approximate surface area is 93.9 Å². The summed E-state index contributed by atoms with van der Waals surface area (Å²) in [5.74, 6) is -1.64. The van der Waals surface area contributed by atoms with Gasteiger partial charge < -0.3 is 19.9 Å². The van der Waals surface area contributed by atoms with Crippen LogP contribution in [0.2, 0.25) is 0 Å². The predicted molar refractivity (Wildman–Crippen MR) is 55.0 cm³/mol. The largest absolute Gasteiger partial charge is 0.480 e. The van der Waals surface area contributed by atoms with E-state index in [4.69, 9.17) is 14.6 Å². The third-order valence-electron chi connectivity index (χ3n) is 2.66. The zero-order valence-corrected chi connectivity index (χ0v) is 9.43. The molecular formula is C10H17NO5. The van der Waals surface area contributed by atoms with E-state index in [0.717, 1.165) is 0 Å². The summed E-state index contributed by atoms with van der Waals surface area (Å²) in [6.45, 7) is 2.31. The molecule has 92 valence electrons. The van der Waals surface area contributed by atoms with Crippen LogP contribution in [0.1, 0.15) is 13.3 Å². The summed E-state index contributed by atoms with van der Waals surface area (Å²) in [5.41, 5.74) is 0. The van der Waals surface area contributed by atoms with E-state index in [1.807, 2.05) is 6.92 Å². The molecule has 16 heavy (non-hydrogen) atoms. The minimum atomic E-state index is -1.10. The highest BCUT2D eigenvalue weighted by atomic mass is 16.5. The predicted octanol–water partition coefficient (Wildman–Crippen LogP) is -0.373. The normalized spacial score (nSPS) is 26.4. The quantitative estimate of drug-likeness (QED) is 0.674. The first-order chi connectivity index (χ1) is 7.56. The number of hydrogen-bond acceptors (Lipinski definition) is 4. The van der Waals surface area contributed by atoms with Gasteiger partial charge in [-0.05, 0) is 13.3 Å². The SMILES string of the molecule is COCC(NC(=O)C1CCOC1C)C(=O)O. The number of rotatable bonds is 5. The van der Waals surface area contributed by atoms with Gasteiger partial charge in [-0.25, -0.2) is 4.79 Å². The molecule has 1 amide bonds. The van der Waals surface area contributed by atoms with E-state index in [1.165, 1.54) is 7.11 Å². The van der Waals surface area contributed by atoms with Crippen molar-refractivity contribution in [1.82, 2.24) is 5.32 Å². The molecule has 1 heterocycles. The Kier molecular flexibility index (Phi) is 4.70. The average molecular weight is 231 g/mol. The maximum absolute atomic E-state index is 11.7. The second-order valence-corrected chi connectivity index (χ2v) is 3.83. The third kappa shape index (κ3) is 3.18. The number of aliphatic carboxylic acids is 1. The second-order valence-electron chi connectivity index (χ2n) is 3.83. The molecular weight excluding hydrogens is 214 g/mol. The summed E-state index contributed by atoms with van der Waals surface area (Å²) < 4.78 is 9.98. The van der Waals surface area contributed by atoms with Crippen molar-refractivity contribution in [1.29, 1.82) is 0 Å². The summed E-state index contributed by atoms with van der Waals surface area (Å²) in [6, 6.07) is -0.995. The standard InChI is InChI=1S/C10H17NO5/c1-6-7(3-4-16-6)9(12)11-8(5-15-2)10(13)14/h6-8H,3-5H2,1-2H3,(H,11,12)(H,13,14). The van der Waals surface area contributed by atoms with Gasteiger partial charge in [0, 0.05) is 13.7 Å². The van der Waals surface area contributed by atoms with Crippen LogP contribution in [0.4, 0.5) is 0 Å². The van der Waals surface area contributed by atoms with Crippen LogP contribution in [0, 0.1) is 5.92 Å². The van der Waals surface area contributed by atoms with Crippen LogP contribution >= 0.6 is 0 Å². The third-order valence-corrected chi connectivity index (χ3v) is 2.66. The van der Waals surface area contributed by atoms with Crippen LogP contribution in [0.25, 0.3) is 0 Å². The Morgan fingerprint density at radius 2 is 2.31 bits per heavy atom. The van der Waals surface area contributed by atoms with E-state index in [9.17, 15) is 9.59 Å². The molecule has 0 aliphatic carbocycles. The van der Waals surface area contributed by atoms with E-state index in [-0.39, 0.29) is 24.5 Å². The Morgan fingerprint density at radius 1 is 1.62 bits per heavy atom. The second kappa shape index (κ2) is 5.81. The molecule has 6 nitrogen and oxygen atoms in total. The molecule has 1 aliphatic heterocycles. The zero-order chi connectivity index (χ0) is 12.1. The maximum Gasteiger partial charge on any atom is 0.328 e. The average Bonchev–Trinajstić information content (AvgIpc) is 2.63. The van der Waals surface area contributed by atoms with E-state index >= 15 is 0 Å². The number of amides is 1. The molecule has 0 radical (unpaired) electrons. The Balaban J connectivity index is 2.50. The molecule has 1 saturated heterocycles. The number of hydrogen-bond donors (Lipinski definition) is 2. The fourth-order valence-corrected chi connectivity index (χ4v) is 1.70. The van der Waals surface area contributed by atoms with E-state index in [1.54, 1.807) is 0 Å². The minimum absolute atomic E-state index is 0.0387. The molecule has 3 unspecified atom stereocenters. The molecule has 1 fully saturated rings. The van der Waals surface area contributed by atoms with Crippen molar-refractivity contribution in [3.63, 3.8) is 0 Å². The number of nitrogens with one attached hydrogen (secondary N) is 1. The fourth-order valence-electron chi connectivity index (χ4n) is 1.70. The van der Waals surface area contributed by atoms with Gasteiger partial charge in [-0.2, -0.15) is 0 Å². The van der Waals surface area contributed by atoms with Gasteiger partial charge in [0.05, 0.1) is 18.6 Å². The monoisotopic (exact) mass is 231 g/mol. The van der Waals surface area contributed by atoms with E-state index in [2.05, 4.69) is 5.32 Å². The molecule has 0 aromatic heterocycles. The van der Waals surface area contributed by atoms with Gasteiger partial charge in [-0.3, -0.25) is 4.79 Å². The van der Waals surface area contributed by atoms with Crippen molar-refractivity contribution in [2.45, 2.75) is 25.5 Å². The number of carboxylic acids is 1. The topological polar surface area (TPSA) is 84.9 Å². The smallest absolute Gasteiger partial charge is 0.328 e. The lowest BCUT2D eigenvalue weighted by molar-refractivity contribution is -0.144. The van der Waals surface area contributed by atoms with Crippen molar-refractivity contribution < 1.29 is 24.2 Å². The van der Waals surface area contributed by atoms with Crippen LogP contribution in [0.5, 0.6) is 0 Å². The molecule has 0 spiro atoms. The van der Waals surface area contributed by atoms with Crippen molar-refractivity contribution in [2.24, 2.45) is 5.92 Å². The molecule has 0 aromatic rings. The minimum Gasteiger partial charge on any atom is -0.480 e. The number of carbonyl (C=O) groups is 2. The van der Waals surface area contributed by atoms with Crippen molar-refractivity contribution in [3.8, 4) is 0 Å². The van der Waals surface area contributed by atoms with Crippen LogP contribution in [-0.2, 0) is 19.1 Å². The highest BCUT2D eigenvalue weighted by Gasteiger charge is 2.33. The van der Waals surface area contributed by atoms with Crippen LogP contribution in [0.15, 0.2) is 0 Å². The number of carboxylic acid groups (broad SMARTS) is 1.